The number of benzene rings is 1. The number of hydrogen-bond acceptors (Lipinski definition) is 5. The van der Waals surface area contributed by atoms with Crippen LogP contribution in [0.2, 0.25) is 0 Å². The SMILES string of the molecule is COc1ccc(Cn2c(=O)n(O)c(=O)c3c4c(sc32)CCCCC4)cc1. The first-order chi connectivity index (χ1) is 12.6. The van der Waals surface area contributed by atoms with Gasteiger partial charge in [-0.1, -0.05) is 23.3 Å². The van der Waals surface area contributed by atoms with Crippen LogP contribution in [0.4, 0.5) is 0 Å². The molecule has 0 radical (unpaired) electrons. The fourth-order valence-corrected chi connectivity index (χ4v) is 4.96. The van der Waals surface area contributed by atoms with Gasteiger partial charge in [-0.25, -0.2) is 4.79 Å². The van der Waals surface area contributed by atoms with E-state index in [-0.39, 0.29) is 4.73 Å². The molecule has 0 bridgehead atoms. The van der Waals surface area contributed by atoms with Crippen LogP contribution in [0.1, 0.15) is 35.3 Å². The zero-order valence-electron chi connectivity index (χ0n) is 14.5. The third kappa shape index (κ3) is 2.72. The van der Waals surface area contributed by atoms with Gasteiger partial charge in [0, 0.05) is 4.88 Å². The van der Waals surface area contributed by atoms with Crippen LogP contribution < -0.4 is 16.0 Å². The van der Waals surface area contributed by atoms with E-state index in [0.717, 1.165) is 49.0 Å². The molecule has 0 aliphatic heterocycles. The number of aryl methyl sites for hydroxylation is 2. The Hall–Kier alpha value is -2.54. The van der Waals surface area contributed by atoms with E-state index < -0.39 is 11.2 Å². The number of hydrogen-bond donors (Lipinski definition) is 1. The normalized spacial score (nSPS) is 14.2. The van der Waals surface area contributed by atoms with Crippen LogP contribution in [0.25, 0.3) is 10.2 Å². The minimum absolute atomic E-state index is 0.254. The molecule has 0 unspecified atom stereocenters. The Morgan fingerprint density at radius 2 is 1.85 bits per heavy atom. The van der Waals surface area contributed by atoms with Gasteiger partial charge in [-0.3, -0.25) is 9.36 Å². The maximum atomic E-state index is 12.6. The first-order valence-corrected chi connectivity index (χ1v) is 9.54. The Balaban J connectivity index is 1.90. The number of nitrogens with zero attached hydrogens (tertiary/aromatic N) is 2. The van der Waals surface area contributed by atoms with Crippen LogP contribution in [0.3, 0.4) is 0 Å². The second-order valence-electron chi connectivity index (χ2n) is 6.58. The summed E-state index contributed by atoms with van der Waals surface area (Å²) in [6.07, 6.45) is 5.01. The zero-order chi connectivity index (χ0) is 18.3. The molecule has 4 rings (SSSR count). The molecule has 0 saturated carbocycles. The van der Waals surface area contributed by atoms with E-state index in [1.54, 1.807) is 7.11 Å². The third-order valence-corrected chi connectivity index (χ3v) is 6.28. The number of fused-ring (bicyclic) bond motifs is 3. The molecule has 7 heteroatoms. The van der Waals surface area contributed by atoms with Crippen molar-refractivity contribution in [2.24, 2.45) is 0 Å². The van der Waals surface area contributed by atoms with Gasteiger partial charge < -0.3 is 9.94 Å². The average molecular weight is 372 g/mol. The number of ether oxygens (including phenoxy) is 1. The summed E-state index contributed by atoms with van der Waals surface area (Å²) in [5, 5.41) is 10.6. The molecule has 6 nitrogen and oxygen atoms in total. The predicted octanol–water partition coefficient (Wildman–Crippen LogP) is 2.79. The van der Waals surface area contributed by atoms with Crippen molar-refractivity contribution in [2.75, 3.05) is 7.11 Å². The van der Waals surface area contributed by atoms with E-state index in [1.165, 1.54) is 20.8 Å². The largest absolute Gasteiger partial charge is 0.497 e. The molecule has 0 saturated heterocycles. The fourth-order valence-electron chi connectivity index (χ4n) is 3.59. The van der Waals surface area contributed by atoms with Crippen molar-refractivity contribution in [1.29, 1.82) is 0 Å². The van der Waals surface area contributed by atoms with E-state index in [1.807, 2.05) is 24.3 Å². The quantitative estimate of drug-likeness (QED) is 0.567. The highest BCUT2D eigenvalue weighted by Gasteiger charge is 2.22. The molecule has 3 aromatic rings. The number of thiophene rings is 1. The lowest BCUT2D eigenvalue weighted by Gasteiger charge is -2.10. The molecule has 0 spiro atoms. The molecule has 1 aromatic carbocycles. The van der Waals surface area contributed by atoms with Crippen LogP contribution in [-0.2, 0) is 19.4 Å². The van der Waals surface area contributed by atoms with Crippen LogP contribution in [0.15, 0.2) is 33.9 Å². The predicted molar refractivity (Wildman–Crippen MR) is 101 cm³/mol. The highest BCUT2D eigenvalue weighted by molar-refractivity contribution is 7.18. The summed E-state index contributed by atoms with van der Waals surface area (Å²) in [6, 6.07) is 7.41. The summed E-state index contributed by atoms with van der Waals surface area (Å²) < 4.78 is 6.91. The standard InChI is InChI=1S/C19H20N2O4S/c1-25-13-9-7-12(8-10-13)11-20-18-16(17(22)21(24)19(20)23)14-5-3-2-4-6-15(14)26-18/h7-10,24H,2-6,11H2,1H3. The van der Waals surface area contributed by atoms with Crippen molar-refractivity contribution < 1.29 is 9.94 Å². The van der Waals surface area contributed by atoms with Gasteiger partial charge in [-0.2, -0.15) is 0 Å². The summed E-state index contributed by atoms with van der Waals surface area (Å²) in [4.78, 5) is 27.0. The van der Waals surface area contributed by atoms with Crippen molar-refractivity contribution in [3.05, 3.63) is 61.1 Å². The first kappa shape index (κ1) is 16.9. The van der Waals surface area contributed by atoms with Gasteiger partial charge in [-0.15, -0.1) is 11.3 Å². The van der Waals surface area contributed by atoms with Crippen molar-refractivity contribution in [3.63, 3.8) is 0 Å². The van der Waals surface area contributed by atoms with Crippen molar-refractivity contribution in [2.45, 2.75) is 38.6 Å². The molecule has 1 N–H and O–H groups in total. The molecular formula is C19H20N2O4S. The maximum Gasteiger partial charge on any atom is 0.365 e. The number of methoxy groups -OCH3 is 1. The van der Waals surface area contributed by atoms with Crippen LogP contribution in [0, 0.1) is 0 Å². The van der Waals surface area contributed by atoms with Crippen molar-refractivity contribution >= 4 is 21.6 Å². The Morgan fingerprint density at radius 1 is 1.12 bits per heavy atom. The Bertz CT molecular complexity index is 1080. The third-order valence-electron chi connectivity index (χ3n) is 4.97. The van der Waals surface area contributed by atoms with Crippen LogP contribution in [0.5, 0.6) is 5.75 Å². The number of aromatic nitrogens is 2. The molecule has 0 amide bonds. The highest BCUT2D eigenvalue weighted by atomic mass is 32.1. The van der Waals surface area contributed by atoms with Crippen LogP contribution in [-0.4, -0.2) is 21.6 Å². The summed E-state index contributed by atoms with van der Waals surface area (Å²) in [5.74, 6) is 0.737. The average Bonchev–Trinajstić information content (AvgIpc) is 2.86. The molecule has 1 aliphatic carbocycles. The molecule has 136 valence electrons. The molecule has 2 aromatic heterocycles. The summed E-state index contributed by atoms with van der Waals surface area (Å²) in [5.41, 5.74) is 0.611. The second kappa shape index (κ2) is 6.64. The lowest BCUT2D eigenvalue weighted by Crippen LogP contribution is -2.38. The van der Waals surface area contributed by atoms with Gasteiger partial charge in [0.05, 0.1) is 19.0 Å². The minimum atomic E-state index is -0.699. The zero-order valence-corrected chi connectivity index (χ0v) is 15.3. The highest BCUT2D eigenvalue weighted by Crippen LogP contribution is 2.33. The second-order valence-corrected chi connectivity index (χ2v) is 7.66. The lowest BCUT2D eigenvalue weighted by atomic mass is 10.1. The van der Waals surface area contributed by atoms with Crippen molar-refractivity contribution in [1.82, 2.24) is 9.30 Å². The van der Waals surface area contributed by atoms with E-state index in [0.29, 0.717) is 16.8 Å². The maximum absolute atomic E-state index is 12.6. The van der Waals surface area contributed by atoms with Gasteiger partial charge in [0.25, 0.3) is 5.56 Å². The molecule has 0 atom stereocenters. The first-order valence-electron chi connectivity index (χ1n) is 8.72. The van der Waals surface area contributed by atoms with Crippen LogP contribution >= 0.6 is 11.3 Å². The van der Waals surface area contributed by atoms with Gasteiger partial charge in [0.15, 0.2) is 0 Å². The molecule has 2 heterocycles. The smallest absolute Gasteiger partial charge is 0.365 e. The van der Waals surface area contributed by atoms with E-state index in [2.05, 4.69) is 0 Å². The summed E-state index contributed by atoms with van der Waals surface area (Å²) in [7, 11) is 1.60. The van der Waals surface area contributed by atoms with Gasteiger partial charge in [0.2, 0.25) is 0 Å². The van der Waals surface area contributed by atoms with Gasteiger partial charge in [-0.05, 0) is 48.9 Å². The fraction of sp³-hybridized carbons (Fsp3) is 0.368. The summed E-state index contributed by atoms with van der Waals surface area (Å²) in [6.45, 7) is 0.291. The molecule has 0 fully saturated rings. The van der Waals surface area contributed by atoms with E-state index in [9.17, 15) is 14.8 Å². The minimum Gasteiger partial charge on any atom is -0.497 e. The van der Waals surface area contributed by atoms with E-state index in [4.69, 9.17) is 4.74 Å². The Labute approximate surface area is 153 Å². The van der Waals surface area contributed by atoms with Gasteiger partial charge in [0.1, 0.15) is 10.6 Å². The lowest BCUT2D eigenvalue weighted by molar-refractivity contribution is 0.158. The van der Waals surface area contributed by atoms with E-state index >= 15 is 0 Å². The Morgan fingerprint density at radius 3 is 2.58 bits per heavy atom. The topological polar surface area (TPSA) is 73.5 Å². The van der Waals surface area contributed by atoms with Crippen molar-refractivity contribution in [3.8, 4) is 5.75 Å². The number of rotatable bonds is 3. The summed E-state index contributed by atoms with van der Waals surface area (Å²) >= 11 is 1.52. The van der Waals surface area contributed by atoms with Gasteiger partial charge >= 0.3 is 5.69 Å². The molecule has 1 aliphatic rings. The molecule has 26 heavy (non-hydrogen) atoms. The Kier molecular flexibility index (Phi) is 4.32. The molecular weight excluding hydrogens is 352 g/mol. The monoisotopic (exact) mass is 372 g/mol.